The Balaban J connectivity index is 2.63. The van der Waals surface area contributed by atoms with Crippen LogP contribution >= 0.6 is 0 Å². The highest BCUT2D eigenvalue weighted by Crippen LogP contribution is 2.18. The van der Waals surface area contributed by atoms with Gasteiger partial charge in [-0.05, 0) is 32.9 Å². The monoisotopic (exact) mass is 266 g/mol. The van der Waals surface area contributed by atoms with Crippen molar-refractivity contribution >= 4 is 0 Å². The lowest BCUT2D eigenvalue weighted by Gasteiger charge is -2.25. The molecule has 0 aliphatic heterocycles. The van der Waals surface area contributed by atoms with Crippen LogP contribution in [0.1, 0.15) is 57.6 Å². The average molecular weight is 266 g/mol. The van der Waals surface area contributed by atoms with E-state index in [0.717, 1.165) is 24.6 Å². The molecule has 0 aliphatic rings. The van der Waals surface area contributed by atoms with Gasteiger partial charge in [0.2, 0.25) is 0 Å². The highest BCUT2D eigenvalue weighted by atomic mass is 16.3. The Bertz CT molecular complexity index is 367. The van der Waals surface area contributed by atoms with Crippen molar-refractivity contribution < 1.29 is 4.42 Å². The molecule has 0 aliphatic carbocycles. The molecule has 0 bridgehead atoms. The van der Waals surface area contributed by atoms with Crippen LogP contribution in [0.5, 0.6) is 0 Å². The van der Waals surface area contributed by atoms with E-state index in [1.807, 2.05) is 0 Å². The van der Waals surface area contributed by atoms with Crippen LogP contribution in [0, 0.1) is 6.92 Å². The third kappa shape index (κ3) is 5.00. The van der Waals surface area contributed by atoms with Crippen molar-refractivity contribution in [2.75, 3.05) is 7.05 Å². The molecule has 19 heavy (non-hydrogen) atoms. The van der Waals surface area contributed by atoms with Gasteiger partial charge >= 0.3 is 0 Å². The summed E-state index contributed by atoms with van der Waals surface area (Å²) in [5.41, 5.74) is 1.31. The van der Waals surface area contributed by atoms with Crippen LogP contribution < -0.4 is 5.32 Å². The molecule has 0 fully saturated rings. The highest BCUT2D eigenvalue weighted by Gasteiger charge is 2.14. The lowest BCUT2D eigenvalue weighted by molar-refractivity contribution is 0.220. The van der Waals surface area contributed by atoms with Crippen molar-refractivity contribution in [2.24, 2.45) is 0 Å². The lowest BCUT2D eigenvalue weighted by Crippen LogP contribution is -2.30. The van der Waals surface area contributed by atoms with E-state index in [9.17, 15) is 0 Å². The Morgan fingerprint density at radius 1 is 1.26 bits per heavy atom. The van der Waals surface area contributed by atoms with Gasteiger partial charge in [0.05, 0.1) is 6.54 Å². The number of nitrogens with zero attached hydrogens (tertiary/aromatic N) is 1. The molecule has 3 heteroatoms. The van der Waals surface area contributed by atoms with E-state index in [1.165, 1.54) is 18.4 Å². The minimum atomic E-state index is 0.487. The first-order valence-electron chi connectivity index (χ1n) is 7.49. The molecule has 3 nitrogen and oxygen atoms in total. The van der Waals surface area contributed by atoms with E-state index in [1.54, 1.807) is 0 Å². The number of furan rings is 1. The summed E-state index contributed by atoms with van der Waals surface area (Å²) < 4.78 is 5.82. The summed E-state index contributed by atoms with van der Waals surface area (Å²) in [6.45, 7) is 12.7. The van der Waals surface area contributed by atoms with E-state index in [0.29, 0.717) is 12.1 Å². The van der Waals surface area contributed by atoms with Crippen molar-refractivity contribution in [1.82, 2.24) is 10.2 Å². The van der Waals surface area contributed by atoms with Crippen LogP contribution in [0.3, 0.4) is 0 Å². The third-order valence-corrected chi connectivity index (χ3v) is 3.74. The first-order chi connectivity index (χ1) is 8.97. The lowest BCUT2D eigenvalue weighted by atomic mass is 10.1. The van der Waals surface area contributed by atoms with Crippen molar-refractivity contribution in [1.29, 1.82) is 0 Å². The van der Waals surface area contributed by atoms with Crippen molar-refractivity contribution in [3.63, 3.8) is 0 Å². The van der Waals surface area contributed by atoms with Gasteiger partial charge in [0, 0.05) is 24.2 Å². The standard InChI is InChI=1S/C16H30N2O/c1-7-15(8-2)18(6)11-14-9-16(19-13(14)5)10-17-12(3)4/h9,12,15,17H,7-8,10-11H2,1-6H3. The predicted octanol–water partition coefficient (Wildman–Crippen LogP) is 3.71. The molecule has 1 rings (SSSR count). The highest BCUT2D eigenvalue weighted by molar-refractivity contribution is 5.20. The van der Waals surface area contributed by atoms with E-state index in [-0.39, 0.29) is 0 Å². The largest absolute Gasteiger partial charge is 0.465 e. The molecule has 0 atom stereocenters. The van der Waals surface area contributed by atoms with Gasteiger partial charge in [-0.3, -0.25) is 4.90 Å². The number of hydrogen-bond donors (Lipinski definition) is 1. The van der Waals surface area contributed by atoms with Crippen LogP contribution in [0.2, 0.25) is 0 Å². The normalized spacial score (nSPS) is 12.1. The Hall–Kier alpha value is -0.800. The maximum atomic E-state index is 5.82. The van der Waals surface area contributed by atoms with E-state index in [2.05, 4.69) is 57.9 Å². The summed E-state index contributed by atoms with van der Waals surface area (Å²) in [4.78, 5) is 2.43. The molecule has 0 saturated heterocycles. The van der Waals surface area contributed by atoms with Crippen molar-refractivity contribution in [3.8, 4) is 0 Å². The Labute approximate surface area is 118 Å². The van der Waals surface area contributed by atoms with Crippen LogP contribution in [-0.2, 0) is 13.1 Å². The fraction of sp³-hybridized carbons (Fsp3) is 0.750. The van der Waals surface area contributed by atoms with Crippen LogP contribution in [0.4, 0.5) is 0 Å². The zero-order chi connectivity index (χ0) is 14.4. The molecule has 1 aromatic rings. The van der Waals surface area contributed by atoms with Gasteiger partial charge in [-0.2, -0.15) is 0 Å². The zero-order valence-electron chi connectivity index (χ0n) is 13.4. The van der Waals surface area contributed by atoms with Gasteiger partial charge in [0.1, 0.15) is 11.5 Å². The van der Waals surface area contributed by atoms with Crippen molar-refractivity contribution in [3.05, 3.63) is 23.2 Å². The number of rotatable bonds is 8. The molecule has 0 saturated carbocycles. The molecule has 0 amide bonds. The topological polar surface area (TPSA) is 28.4 Å². The fourth-order valence-electron chi connectivity index (χ4n) is 2.45. The average Bonchev–Trinajstić information content (AvgIpc) is 2.69. The summed E-state index contributed by atoms with van der Waals surface area (Å²) in [6.07, 6.45) is 2.40. The Morgan fingerprint density at radius 2 is 1.89 bits per heavy atom. The number of nitrogens with one attached hydrogen (secondary N) is 1. The molecule has 110 valence electrons. The molecule has 0 unspecified atom stereocenters. The van der Waals surface area contributed by atoms with Crippen LogP contribution in [0.25, 0.3) is 0 Å². The first-order valence-corrected chi connectivity index (χ1v) is 7.49. The molecule has 1 aromatic heterocycles. The van der Waals surface area contributed by atoms with Gasteiger partial charge in [-0.15, -0.1) is 0 Å². The fourth-order valence-corrected chi connectivity index (χ4v) is 2.45. The van der Waals surface area contributed by atoms with E-state index in [4.69, 9.17) is 4.42 Å². The summed E-state index contributed by atoms with van der Waals surface area (Å²) in [5.74, 6) is 2.09. The minimum absolute atomic E-state index is 0.487. The minimum Gasteiger partial charge on any atom is -0.465 e. The second kappa shape index (κ2) is 7.71. The molecule has 0 radical (unpaired) electrons. The summed E-state index contributed by atoms with van der Waals surface area (Å²) in [7, 11) is 2.20. The van der Waals surface area contributed by atoms with Gasteiger partial charge < -0.3 is 9.73 Å². The summed E-state index contributed by atoms with van der Waals surface area (Å²) in [6, 6.07) is 3.34. The van der Waals surface area contributed by atoms with Crippen molar-refractivity contribution in [2.45, 2.75) is 72.6 Å². The molecular weight excluding hydrogens is 236 g/mol. The molecular formula is C16H30N2O. The molecule has 1 heterocycles. The SMILES string of the molecule is CCC(CC)N(C)Cc1cc(CNC(C)C)oc1C. The maximum absolute atomic E-state index is 5.82. The van der Waals surface area contributed by atoms with Gasteiger partial charge in [0.15, 0.2) is 0 Å². The van der Waals surface area contributed by atoms with Gasteiger partial charge in [-0.25, -0.2) is 0 Å². The molecule has 0 aromatic carbocycles. The smallest absolute Gasteiger partial charge is 0.118 e. The Kier molecular flexibility index (Phi) is 6.59. The second-order valence-corrected chi connectivity index (χ2v) is 5.72. The molecule has 1 N–H and O–H groups in total. The maximum Gasteiger partial charge on any atom is 0.118 e. The summed E-state index contributed by atoms with van der Waals surface area (Å²) in [5, 5.41) is 3.39. The first kappa shape index (κ1) is 16.3. The van der Waals surface area contributed by atoms with Crippen LogP contribution in [-0.4, -0.2) is 24.0 Å². The van der Waals surface area contributed by atoms with Gasteiger partial charge in [-0.1, -0.05) is 27.7 Å². The third-order valence-electron chi connectivity index (χ3n) is 3.74. The van der Waals surface area contributed by atoms with E-state index >= 15 is 0 Å². The quantitative estimate of drug-likeness (QED) is 0.777. The number of hydrogen-bond acceptors (Lipinski definition) is 3. The van der Waals surface area contributed by atoms with Crippen LogP contribution in [0.15, 0.2) is 10.5 Å². The number of aryl methyl sites for hydroxylation is 1. The molecule has 0 spiro atoms. The van der Waals surface area contributed by atoms with Gasteiger partial charge in [0.25, 0.3) is 0 Å². The predicted molar refractivity (Wildman–Crippen MR) is 81.3 cm³/mol. The van der Waals surface area contributed by atoms with E-state index < -0.39 is 0 Å². The zero-order valence-corrected chi connectivity index (χ0v) is 13.4. The second-order valence-electron chi connectivity index (χ2n) is 5.72. The Morgan fingerprint density at radius 3 is 2.42 bits per heavy atom. The summed E-state index contributed by atoms with van der Waals surface area (Å²) >= 11 is 0.